The molecule has 0 atom stereocenters. The van der Waals surface area contributed by atoms with Crippen molar-refractivity contribution in [3.63, 3.8) is 0 Å². The summed E-state index contributed by atoms with van der Waals surface area (Å²) in [6, 6.07) is 12.7. The highest BCUT2D eigenvalue weighted by Crippen LogP contribution is 2.25. The minimum atomic E-state index is -0.564. The van der Waals surface area contributed by atoms with Gasteiger partial charge < -0.3 is 14.6 Å². The molecule has 0 fully saturated rings. The van der Waals surface area contributed by atoms with Crippen LogP contribution in [-0.4, -0.2) is 40.6 Å². The van der Waals surface area contributed by atoms with Crippen LogP contribution in [0.15, 0.2) is 42.5 Å². The zero-order chi connectivity index (χ0) is 19.0. The van der Waals surface area contributed by atoms with E-state index >= 15 is 0 Å². The van der Waals surface area contributed by atoms with Crippen molar-refractivity contribution in [2.75, 3.05) is 13.7 Å². The molecule has 0 aliphatic carbocycles. The van der Waals surface area contributed by atoms with Crippen molar-refractivity contribution < 1.29 is 19.5 Å². The summed E-state index contributed by atoms with van der Waals surface area (Å²) in [5.74, 6) is 0.0840. The molecule has 2 heterocycles. The zero-order valence-corrected chi connectivity index (χ0v) is 14.8. The number of methoxy groups -OCH3 is 1. The van der Waals surface area contributed by atoms with Crippen LogP contribution < -0.4 is 10.2 Å². The maximum atomic E-state index is 13.0. The van der Waals surface area contributed by atoms with Crippen LogP contribution in [0.4, 0.5) is 0 Å². The molecule has 138 valence electrons. The number of H-pyrrole nitrogens is 1. The Balaban J connectivity index is 1.59. The van der Waals surface area contributed by atoms with Gasteiger partial charge in [-0.05, 0) is 53.9 Å². The van der Waals surface area contributed by atoms with Gasteiger partial charge in [-0.25, -0.2) is 5.48 Å². The van der Waals surface area contributed by atoms with E-state index in [4.69, 9.17) is 9.94 Å². The van der Waals surface area contributed by atoms with Crippen molar-refractivity contribution in [3.05, 3.63) is 64.8 Å². The van der Waals surface area contributed by atoms with Gasteiger partial charge in [-0.2, -0.15) is 0 Å². The van der Waals surface area contributed by atoms with E-state index in [2.05, 4.69) is 4.98 Å². The van der Waals surface area contributed by atoms with E-state index in [1.54, 1.807) is 29.6 Å². The lowest BCUT2D eigenvalue weighted by molar-refractivity contribution is 0.0706. The predicted octanol–water partition coefficient (Wildman–Crippen LogP) is 2.49. The second-order valence-electron chi connectivity index (χ2n) is 6.54. The number of benzene rings is 2. The summed E-state index contributed by atoms with van der Waals surface area (Å²) < 4.78 is 5.23. The molecule has 2 amide bonds. The van der Waals surface area contributed by atoms with Gasteiger partial charge in [0.1, 0.15) is 11.4 Å². The van der Waals surface area contributed by atoms with Crippen molar-refractivity contribution in [2.45, 2.75) is 13.0 Å². The third-order valence-corrected chi connectivity index (χ3v) is 4.93. The molecule has 3 aromatic rings. The Kier molecular flexibility index (Phi) is 4.29. The van der Waals surface area contributed by atoms with Crippen LogP contribution in [0.25, 0.3) is 10.9 Å². The standard InChI is InChI=1S/C20H19N3O4/c1-27-16-4-5-17-14(9-16)10-18(21-17)20(25)23-7-6-12-2-3-13(19(24)22-26)8-15(12)11-23/h2-5,8-10,21,26H,6-7,11H2,1H3,(H,22,24). The zero-order valence-electron chi connectivity index (χ0n) is 14.8. The minimum absolute atomic E-state index is 0.0900. The number of hydrogen-bond acceptors (Lipinski definition) is 4. The van der Waals surface area contributed by atoms with Crippen LogP contribution in [0.1, 0.15) is 32.0 Å². The maximum Gasteiger partial charge on any atom is 0.274 e. The van der Waals surface area contributed by atoms with Gasteiger partial charge in [-0.15, -0.1) is 0 Å². The van der Waals surface area contributed by atoms with Gasteiger partial charge in [-0.1, -0.05) is 6.07 Å². The molecule has 0 spiro atoms. The summed E-state index contributed by atoms with van der Waals surface area (Å²) in [6.45, 7) is 1.02. The van der Waals surface area contributed by atoms with Gasteiger partial charge in [0.15, 0.2) is 0 Å². The molecule has 7 heteroatoms. The number of nitrogens with zero attached hydrogens (tertiary/aromatic N) is 1. The van der Waals surface area contributed by atoms with Crippen molar-refractivity contribution in [1.82, 2.24) is 15.4 Å². The van der Waals surface area contributed by atoms with Gasteiger partial charge in [0, 0.05) is 29.6 Å². The smallest absolute Gasteiger partial charge is 0.274 e. The summed E-state index contributed by atoms with van der Waals surface area (Å²) in [7, 11) is 1.61. The van der Waals surface area contributed by atoms with Crippen LogP contribution in [0.2, 0.25) is 0 Å². The third-order valence-electron chi connectivity index (χ3n) is 4.93. The average Bonchev–Trinajstić information content (AvgIpc) is 3.14. The molecule has 1 aliphatic rings. The summed E-state index contributed by atoms with van der Waals surface area (Å²) in [5, 5.41) is 9.72. The van der Waals surface area contributed by atoms with Crippen LogP contribution in [0.3, 0.4) is 0 Å². The van der Waals surface area contributed by atoms with Crippen molar-refractivity contribution >= 4 is 22.7 Å². The highest BCUT2D eigenvalue weighted by molar-refractivity contribution is 5.98. The summed E-state index contributed by atoms with van der Waals surface area (Å²) in [5.41, 5.74) is 5.41. The number of hydroxylamine groups is 1. The largest absolute Gasteiger partial charge is 0.497 e. The average molecular weight is 365 g/mol. The number of amides is 2. The fourth-order valence-electron chi connectivity index (χ4n) is 3.46. The minimum Gasteiger partial charge on any atom is -0.497 e. The van der Waals surface area contributed by atoms with Crippen molar-refractivity contribution in [3.8, 4) is 5.75 Å². The van der Waals surface area contributed by atoms with E-state index in [0.717, 1.165) is 34.2 Å². The summed E-state index contributed by atoms with van der Waals surface area (Å²) in [4.78, 5) is 29.5. The number of carbonyl (C=O) groups excluding carboxylic acids is 2. The fraction of sp³-hybridized carbons (Fsp3) is 0.200. The first-order chi connectivity index (χ1) is 13.1. The highest BCUT2D eigenvalue weighted by atomic mass is 16.5. The molecule has 0 saturated carbocycles. The molecule has 1 aromatic heterocycles. The molecular weight excluding hydrogens is 346 g/mol. The molecule has 4 rings (SSSR count). The number of fused-ring (bicyclic) bond motifs is 2. The van der Waals surface area contributed by atoms with Gasteiger partial charge in [0.2, 0.25) is 0 Å². The lowest BCUT2D eigenvalue weighted by atomic mass is 9.97. The summed E-state index contributed by atoms with van der Waals surface area (Å²) in [6.07, 6.45) is 0.718. The number of hydrogen-bond donors (Lipinski definition) is 3. The number of aromatic nitrogens is 1. The number of aromatic amines is 1. The second kappa shape index (κ2) is 6.77. The highest BCUT2D eigenvalue weighted by Gasteiger charge is 2.24. The Morgan fingerprint density at radius 2 is 2.00 bits per heavy atom. The van der Waals surface area contributed by atoms with E-state index in [9.17, 15) is 9.59 Å². The molecular formula is C20H19N3O4. The van der Waals surface area contributed by atoms with E-state index in [0.29, 0.717) is 24.3 Å². The Labute approximate surface area is 155 Å². The Morgan fingerprint density at radius 1 is 1.15 bits per heavy atom. The van der Waals surface area contributed by atoms with E-state index in [1.807, 2.05) is 30.3 Å². The first-order valence-electron chi connectivity index (χ1n) is 8.61. The predicted molar refractivity (Wildman–Crippen MR) is 99.0 cm³/mol. The SMILES string of the molecule is COc1ccc2[nH]c(C(=O)N3CCc4ccc(C(=O)NO)cc4C3)cc2c1. The van der Waals surface area contributed by atoms with Crippen LogP contribution in [0.5, 0.6) is 5.75 Å². The maximum absolute atomic E-state index is 13.0. The van der Waals surface area contributed by atoms with Gasteiger partial charge >= 0.3 is 0 Å². The first-order valence-corrected chi connectivity index (χ1v) is 8.61. The molecule has 1 aliphatic heterocycles. The van der Waals surface area contributed by atoms with Crippen LogP contribution >= 0.6 is 0 Å². The molecule has 2 aromatic carbocycles. The van der Waals surface area contributed by atoms with Gasteiger partial charge in [0.25, 0.3) is 11.8 Å². The Bertz CT molecular complexity index is 1040. The lowest BCUT2D eigenvalue weighted by Gasteiger charge is -2.28. The van der Waals surface area contributed by atoms with Crippen LogP contribution in [-0.2, 0) is 13.0 Å². The van der Waals surface area contributed by atoms with Crippen molar-refractivity contribution in [2.24, 2.45) is 0 Å². The molecule has 0 unspecified atom stereocenters. The summed E-state index contributed by atoms with van der Waals surface area (Å²) >= 11 is 0. The van der Waals surface area contributed by atoms with E-state index in [1.165, 1.54) is 0 Å². The number of nitrogens with one attached hydrogen (secondary N) is 2. The number of carbonyl (C=O) groups is 2. The molecule has 0 radical (unpaired) electrons. The molecule has 27 heavy (non-hydrogen) atoms. The molecule has 0 saturated heterocycles. The second-order valence-corrected chi connectivity index (χ2v) is 6.54. The van der Waals surface area contributed by atoms with E-state index in [-0.39, 0.29) is 5.91 Å². The first kappa shape index (κ1) is 17.1. The van der Waals surface area contributed by atoms with Crippen molar-refractivity contribution in [1.29, 1.82) is 0 Å². The fourth-order valence-corrected chi connectivity index (χ4v) is 3.46. The molecule has 3 N–H and O–H groups in total. The normalized spacial score (nSPS) is 13.3. The third kappa shape index (κ3) is 3.13. The topological polar surface area (TPSA) is 94.7 Å². The molecule has 7 nitrogen and oxygen atoms in total. The quantitative estimate of drug-likeness (QED) is 0.491. The number of rotatable bonds is 3. The monoisotopic (exact) mass is 365 g/mol. The molecule has 0 bridgehead atoms. The van der Waals surface area contributed by atoms with E-state index < -0.39 is 5.91 Å². The van der Waals surface area contributed by atoms with Gasteiger partial charge in [-0.3, -0.25) is 14.8 Å². The Hall–Kier alpha value is -3.32. The lowest BCUT2D eigenvalue weighted by Crippen LogP contribution is -2.36. The van der Waals surface area contributed by atoms with Gasteiger partial charge in [0.05, 0.1) is 7.11 Å². The number of ether oxygens (including phenoxy) is 1. The Morgan fingerprint density at radius 3 is 2.78 bits per heavy atom. The van der Waals surface area contributed by atoms with Crippen LogP contribution in [0, 0.1) is 0 Å².